The molecule has 0 spiro atoms. The maximum absolute atomic E-state index is 15.0. The summed E-state index contributed by atoms with van der Waals surface area (Å²) in [7, 11) is 0. The molecular formula is C72H114O7. The van der Waals surface area contributed by atoms with E-state index in [0.29, 0.717) is 72.9 Å². The van der Waals surface area contributed by atoms with E-state index in [1.807, 2.05) is 30.3 Å². The van der Waals surface area contributed by atoms with Gasteiger partial charge in [0.15, 0.2) is 0 Å². The summed E-state index contributed by atoms with van der Waals surface area (Å²) in [6.45, 7) is 13.4. The fraction of sp³-hybridized carbons (Fsp3) is 0.833. The van der Waals surface area contributed by atoms with Crippen LogP contribution in [0.2, 0.25) is 0 Å². The maximum Gasteiger partial charge on any atom is 0.309 e. The highest BCUT2D eigenvalue weighted by atomic mass is 16.5. The summed E-state index contributed by atoms with van der Waals surface area (Å²) in [5.74, 6) is 3.76. The quantitative estimate of drug-likeness (QED) is 0.0705. The Bertz CT molecular complexity index is 2050. The Kier molecular flexibility index (Phi) is 25.9. The first-order valence-electron chi connectivity index (χ1n) is 34.2. The van der Waals surface area contributed by atoms with Crippen LogP contribution in [-0.2, 0) is 40.1 Å². The van der Waals surface area contributed by atoms with Crippen LogP contribution in [0.5, 0.6) is 0 Å². The van der Waals surface area contributed by atoms with E-state index in [9.17, 15) is 28.8 Å². The largest absolute Gasteiger partial charge is 0.461 e. The molecule has 7 heteroatoms. The van der Waals surface area contributed by atoms with Gasteiger partial charge in [0.1, 0.15) is 35.5 Å². The summed E-state index contributed by atoms with van der Waals surface area (Å²) in [4.78, 5) is 87.0. The van der Waals surface area contributed by atoms with Crippen LogP contribution in [0.1, 0.15) is 285 Å². The molecule has 0 N–H and O–H groups in total. The lowest BCUT2D eigenvalue weighted by Crippen LogP contribution is -2.39. The molecule has 6 fully saturated rings. The van der Waals surface area contributed by atoms with E-state index in [1.165, 1.54) is 38.5 Å². The first-order chi connectivity index (χ1) is 38.4. The first-order valence-corrected chi connectivity index (χ1v) is 34.2. The third-order valence-electron chi connectivity index (χ3n) is 23.4. The Hall–Kier alpha value is -2.96. The minimum atomic E-state index is -0.202. The lowest BCUT2D eigenvalue weighted by molar-refractivity contribution is -0.154. The molecule has 6 aliphatic carbocycles. The van der Waals surface area contributed by atoms with E-state index in [-0.39, 0.29) is 94.9 Å². The Labute approximate surface area is 482 Å². The molecule has 15 atom stereocenters. The van der Waals surface area contributed by atoms with Crippen molar-refractivity contribution in [2.45, 2.75) is 286 Å². The highest BCUT2D eigenvalue weighted by Crippen LogP contribution is 2.49. The van der Waals surface area contributed by atoms with Crippen LogP contribution < -0.4 is 0 Å². The molecule has 6 saturated carbocycles. The third-order valence-corrected chi connectivity index (χ3v) is 23.4. The van der Waals surface area contributed by atoms with Gasteiger partial charge in [0.2, 0.25) is 0 Å². The van der Waals surface area contributed by atoms with Gasteiger partial charge in [0.05, 0.1) is 5.92 Å². The van der Waals surface area contributed by atoms with E-state index in [0.717, 1.165) is 173 Å². The summed E-state index contributed by atoms with van der Waals surface area (Å²) in [5, 5.41) is 0. The van der Waals surface area contributed by atoms with Gasteiger partial charge in [-0.3, -0.25) is 28.8 Å². The fourth-order valence-electron chi connectivity index (χ4n) is 19.0. The Balaban J connectivity index is 0.960. The Morgan fingerprint density at radius 3 is 1.05 bits per heavy atom. The summed E-state index contributed by atoms with van der Waals surface area (Å²) in [6, 6.07) is 9.90. The average molecular weight is 1090 g/mol. The van der Waals surface area contributed by atoms with E-state index in [1.54, 1.807) is 0 Å². The minimum Gasteiger partial charge on any atom is -0.461 e. The summed E-state index contributed by atoms with van der Waals surface area (Å²) in [5.41, 5.74) is 1.19. The first kappa shape index (κ1) is 63.6. The van der Waals surface area contributed by atoms with Crippen LogP contribution in [0.15, 0.2) is 30.3 Å². The predicted molar refractivity (Wildman–Crippen MR) is 321 cm³/mol. The van der Waals surface area contributed by atoms with Crippen molar-refractivity contribution in [3.8, 4) is 0 Å². The van der Waals surface area contributed by atoms with Gasteiger partial charge in [-0.1, -0.05) is 162 Å². The highest BCUT2D eigenvalue weighted by molar-refractivity contribution is 5.85. The Morgan fingerprint density at radius 2 is 0.722 bits per heavy atom. The van der Waals surface area contributed by atoms with Gasteiger partial charge in [-0.2, -0.15) is 0 Å². The van der Waals surface area contributed by atoms with Gasteiger partial charge in [0, 0.05) is 62.2 Å². The highest BCUT2D eigenvalue weighted by Gasteiger charge is 2.45. The molecule has 0 heterocycles. The number of carbonyl (C=O) groups excluding carboxylic acids is 6. The second kappa shape index (κ2) is 32.2. The second-order valence-electron chi connectivity index (χ2n) is 27.7. The lowest BCUT2D eigenvalue weighted by Gasteiger charge is -2.41. The van der Waals surface area contributed by atoms with Crippen molar-refractivity contribution >= 4 is 34.9 Å². The van der Waals surface area contributed by atoms with E-state index in [2.05, 4.69) is 41.5 Å². The second-order valence-corrected chi connectivity index (χ2v) is 27.7. The third kappa shape index (κ3) is 17.1. The number of benzene rings is 1. The monoisotopic (exact) mass is 1090 g/mol. The molecule has 0 bridgehead atoms. The van der Waals surface area contributed by atoms with Crippen molar-refractivity contribution < 1.29 is 33.5 Å². The number of ketones is 5. The van der Waals surface area contributed by atoms with Crippen molar-refractivity contribution in [1.82, 2.24) is 0 Å². The molecule has 0 amide bonds. The number of hydrogen-bond acceptors (Lipinski definition) is 7. The number of rotatable bonds is 30. The van der Waals surface area contributed by atoms with Crippen molar-refractivity contribution in [2.24, 2.45) is 94.2 Å². The van der Waals surface area contributed by atoms with Crippen LogP contribution in [0.4, 0.5) is 0 Å². The number of ether oxygens (including phenoxy) is 1. The SMILES string of the molecule is CC[C@H](C(=O)C[C@H]1CCCC[C@H]1[C@H](CC)C(=O)C[C@H]1CCCC[C@H]1[C@H](CC)C(=O)C[C@H]1CCCC[C@H]1[C@H](CC)C(=O)C[C@H]1CCCC[C@H]1[C@H](CC)C(=O)OCc1ccccc1)[C@@H]1CCCC[C@@H]1CC(=O)CC1(CC)CCCCC1. The molecule has 0 saturated heterocycles. The van der Waals surface area contributed by atoms with Gasteiger partial charge in [0.25, 0.3) is 0 Å². The zero-order valence-electron chi connectivity index (χ0n) is 51.3. The topological polar surface area (TPSA) is 112 Å². The molecule has 1 aromatic rings. The van der Waals surface area contributed by atoms with Crippen LogP contribution in [-0.4, -0.2) is 34.9 Å². The number of carbonyl (C=O) groups is 6. The molecule has 79 heavy (non-hydrogen) atoms. The van der Waals surface area contributed by atoms with Gasteiger partial charge in [-0.15, -0.1) is 0 Å². The molecule has 7 nitrogen and oxygen atoms in total. The molecule has 0 unspecified atom stereocenters. The summed E-state index contributed by atoms with van der Waals surface area (Å²) >= 11 is 0. The van der Waals surface area contributed by atoms with E-state index in [4.69, 9.17) is 4.74 Å². The average Bonchev–Trinajstić information content (AvgIpc) is 3.49. The van der Waals surface area contributed by atoms with Gasteiger partial charge >= 0.3 is 5.97 Å². The molecule has 7 rings (SSSR count). The molecule has 0 radical (unpaired) electrons. The molecular weight excluding hydrogens is 977 g/mol. The van der Waals surface area contributed by atoms with Gasteiger partial charge < -0.3 is 4.74 Å². The van der Waals surface area contributed by atoms with Gasteiger partial charge in [-0.25, -0.2) is 0 Å². The van der Waals surface area contributed by atoms with Crippen molar-refractivity contribution in [2.75, 3.05) is 0 Å². The zero-order valence-corrected chi connectivity index (χ0v) is 51.3. The maximum atomic E-state index is 15.0. The standard InChI is InChI=1S/C72H114O7/c1-7-57(62-36-22-17-31-51(62)43-56(73)48-72(12-6)41-27-14-28-42-72)67(74)44-52-32-18-23-37-63(52)58(8-2)68(75)45-53-33-19-24-38-64(53)59(9-3)69(76)46-54-34-20-25-39-65(54)60(10-4)70(77)47-55-35-21-26-40-66(55)61(11-5)71(78)79-49-50-29-15-13-16-30-50/h13,15-16,29-30,51-55,57-66H,7-12,14,17-28,31-49H2,1-6H3/t51-,52-,53-,54-,55-,57+,58+,59+,60+,61+,62-,63-,64-,65-,66-/m1/s1. The number of hydrogen-bond donors (Lipinski definition) is 0. The molecule has 6 aliphatic rings. The van der Waals surface area contributed by atoms with Crippen molar-refractivity contribution in [3.63, 3.8) is 0 Å². The van der Waals surface area contributed by atoms with Crippen molar-refractivity contribution in [3.05, 3.63) is 35.9 Å². The summed E-state index contributed by atoms with van der Waals surface area (Å²) < 4.78 is 5.92. The van der Waals surface area contributed by atoms with Crippen LogP contribution in [0.25, 0.3) is 0 Å². The fourth-order valence-corrected chi connectivity index (χ4v) is 19.0. The predicted octanol–water partition coefficient (Wildman–Crippen LogP) is 18.4. The van der Waals surface area contributed by atoms with Crippen LogP contribution in [0.3, 0.4) is 0 Å². The van der Waals surface area contributed by atoms with Gasteiger partial charge in [-0.05, 0) is 179 Å². The van der Waals surface area contributed by atoms with Crippen LogP contribution >= 0.6 is 0 Å². The smallest absolute Gasteiger partial charge is 0.309 e. The minimum absolute atomic E-state index is 0.00707. The molecule has 1 aromatic carbocycles. The zero-order chi connectivity index (χ0) is 56.3. The molecule has 0 aliphatic heterocycles. The van der Waals surface area contributed by atoms with E-state index >= 15 is 0 Å². The summed E-state index contributed by atoms with van der Waals surface area (Å²) in [6.07, 6.45) is 36.2. The molecule has 444 valence electrons. The lowest BCUT2D eigenvalue weighted by atomic mass is 9.62. The van der Waals surface area contributed by atoms with Crippen molar-refractivity contribution in [1.29, 1.82) is 0 Å². The number of esters is 1. The normalized spacial score (nSPS) is 30.5. The number of Topliss-reactive ketones (excluding diaryl/α,β-unsaturated/α-hetero) is 5. The molecule has 0 aromatic heterocycles. The van der Waals surface area contributed by atoms with Crippen LogP contribution in [0, 0.1) is 94.2 Å². The Morgan fingerprint density at radius 1 is 0.405 bits per heavy atom. The van der Waals surface area contributed by atoms with E-state index < -0.39 is 0 Å².